The van der Waals surface area contributed by atoms with Gasteiger partial charge in [0.05, 0.1) is 0 Å². The molecule has 0 bridgehead atoms. The summed E-state index contributed by atoms with van der Waals surface area (Å²) >= 11 is 0. The minimum absolute atomic E-state index is 0. The minimum Gasteiger partial charge on any atom is -1.00 e. The molecule has 0 aromatic carbocycles. The second-order valence-electron chi connectivity index (χ2n) is 0. The third kappa shape index (κ3) is 38.2. The summed E-state index contributed by atoms with van der Waals surface area (Å²) in [5.74, 6) is 0. The van der Waals surface area contributed by atoms with E-state index in [1.165, 1.54) is 0 Å². The van der Waals surface area contributed by atoms with E-state index in [1.807, 2.05) is 0 Å². The van der Waals surface area contributed by atoms with Gasteiger partial charge in [-0.1, -0.05) is 0 Å². The molecule has 2 nitrogen and oxygen atoms in total. The van der Waals surface area contributed by atoms with Gasteiger partial charge in [-0.2, -0.15) is 0 Å². The molecule has 0 amide bonds. The fourth-order valence-electron chi connectivity index (χ4n) is 0. The van der Waals surface area contributed by atoms with Crippen molar-refractivity contribution in [2.75, 3.05) is 0 Å². The topological polar surface area (TPSA) is 66.5 Å². The maximum atomic E-state index is 0. The first-order valence-corrected chi connectivity index (χ1v) is 0. The van der Waals surface area contributed by atoms with Crippen LogP contribution in [-0.2, 0) is 20.4 Å². The van der Waals surface area contributed by atoms with E-state index in [0.717, 1.165) is 0 Å². The van der Waals surface area contributed by atoms with Crippen molar-refractivity contribution in [3.63, 3.8) is 0 Å². The molecule has 5 N–H and O–H groups in total. The van der Waals surface area contributed by atoms with Crippen LogP contribution in [0.25, 0.3) is 0 Å². The number of rotatable bonds is 0. The van der Waals surface area contributed by atoms with Crippen molar-refractivity contribution in [2.24, 2.45) is 0 Å². The SMILES string of the molecule is N.O.[Cl-].[Cl-].[Pd+2]. The maximum Gasteiger partial charge on any atom is 2.00 e. The van der Waals surface area contributed by atoms with Crippen LogP contribution in [0, 0.1) is 0 Å². The van der Waals surface area contributed by atoms with Gasteiger partial charge in [-0.3, -0.25) is 0 Å². The van der Waals surface area contributed by atoms with E-state index in [1.54, 1.807) is 0 Å². The first kappa shape index (κ1) is 122. The predicted molar refractivity (Wildman–Crippen MR) is 8.64 cm³/mol. The summed E-state index contributed by atoms with van der Waals surface area (Å²) in [5, 5.41) is 0. The van der Waals surface area contributed by atoms with Crippen LogP contribution in [0.1, 0.15) is 0 Å². The van der Waals surface area contributed by atoms with Crippen molar-refractivity contribution in [3.8, 4) is 0 Å². The van der Waals surface area contributed by atoms with Crippen LogP contribution in [0.2, 0.25) is 0 Å². The standard InChI is InChI=1S/2ClH.H3N.H2O.Pd/h2*1H;1H3;1H2;/q;;;;+2/p-2. The molecule has 40 valence electrons. The van der Waals surface area contributed by atoms with Gasteiger partial charge in [0.25, 0.3) is 0 Å². The molecule has 0 atom stereocenters. The average molecular weight is 212 g/mol. The summed E-state index contributed by atoms with van der Waals surface area (Å²) in [5.41, 5.74) is 0. The molecule has 0 saturated heterocycles. The average Bonchev–Trinajstić information content (AvgIpc) is 0. The molecule has 0 heterocycles. The van der Waals surface area contributed by atoms with Crippen molar-refractivity contribution in [3.05, 3.63) is 0 Å². The van der Waals surface area contributed by atoms with E-state index >= 15 is 0 Å². The Morgan fingerprint density at radius 3 is 0.800 bits per heavy atom. The van der Waals surface area contributed by atoms with Gasteiger partial charge in [-0.15, -0.1) is 0 Å². The summed E-state index contributed by atoms with van der Waals surface area (Å²) in [6.45, 7) is 0. The zero-order valence-electron chi connectivity index (χ0n) is 2.28. The quantitative estimate of drug-likeness (QED) is 0.399. The number of hydrogen-bond acceptors (Lipinski definition) is 1. The monoisotopic (exact) mass is 211 g/mol. The zero-order chi connectivity index (χ0) is 0. The predicted octanol–water partition coefficient (Wildman–Crippen LogP) is -6.66. The van der Waals surface area contributed by atoms with Crippen LogP contribution >= 0.6 is 0 Å². The second kappa shape index (κ2) is 66.2. The molecule has 0 fully saturated rings. The summed E-state index contributed by atoms with van der Waals surface area (Å²) in [6, 6.07) is 0. The Bertz CT molecular complexity index is 9.61. The first-order chi connectivity index (χ1) is 0. The van der Waals surface area contributed by atoms with Crippen LogP contribution in [0.5, 0.6) is 0 Å². The second-order valence-corrected chi connectivity index (χ2v) is 0. The summed E-state index contributed by atoms with van der Waals surface area (Å²) in [7, 11) is 0. The molecule has 0 spiro atoms. The van der Waals surface area contributed by atoms with E-state index in [4.69, 9.17) is 0 Å². The van der Waals surface area contributed by atoms with Crippen LogP contribution in [0.15, 0.2) is 0 Å². The van der Waals surface area contributed by atoms with Crippen LogP contribution in [-0.4, -0.2) is 5.48 Å². The largest absolute Gasteiger partial charge is 2.00 e. The van der Waals surface area contributed by atoms with E-state index in [9.17, 15) is 0 Å². The minimum atomic E-state index is 0. The van der Waals surface area contributed by atoms with Gasteiger partial charge in [0.2, 0.25) is 0 Å². The van der Waals surface area contributed by atoms with Crippen molar-refractivity contribution in [1.29, 1.82) is 0 Å². The van der Waals surface area contributed by atoms with Gasteiger partial charge in [0.15, 0.2) is 0 Å². The molecule has 0 aromatic heterocycles. The third-order valence-corrected chi connectivity index (χ3v) is 0. The summed E-state index contributed by atoms with van der Waals surface area (Å²) in [6.07, 6.45) is 0. The van der Waals surface area contributed by atoms with Crippen molar-refractivity contribution < 1.29 is 50.7 Å². The Morgan fingerprint density at radius 1 is 0.800 bits per heavy atom. The molecule has 0 aliphatic heterocycles. The normalized spacial score (nSPS) is 0. The van der Waals surface area contributed by atoms with Crippen LogP contribution in [0.3, 0.4) is 0 Å². The molecular weight excluding hydrogens is 207 g/mol. The van der Waals surface area contributed by atoms with Crippen molar-refractivity contribution in [1.82, 2.24) is 6.15 Å². The fourth-order valence-corrected chi connectivity index (χ4v) is 0. The van der Waals surface area contributed by atoms with Gasteiger partial charge in [-0.05, 0) is 0 Å². The Labute approximate surface area is 57.1 Å². The molecule has 0 saturated carbocycles. The Hall–Kier alpha value is 1.16. The smallest absolute Gasteiger partial charge is 1.00 e. The Morgan fingerprint density at radius 2 is 0.800 bits per heavy atom. The molecule has 5 heteroatoms. The Balaban J connectivity index is 0. The number of hydrogen-bond donors (Lipinski definition) is 1. The van der Waals surface area contributed by atoms with Crippen molar-refractivity contribution >= 4 is 0 Å². The fraction of sp³-hybridized carbons (Fsp3) is 0. The molecule has 0 unspecified atom stereocenters. The maximum absolute atomic E-state index is 0. The van der Waals surface area contributed by atoms with Crippen LogP contribution in [0.4, 0.5) is 0 Å². The van der Waals surface area contributed by atoms with Crippen LogP contribution < -0.4 is 31.0 Å². The van der Waals surface area contributed by atoms with Gasteiger partial charge < -0.3 is 36.4 Å². The van der Waals surface area contributed by atoms with Crippen molar-refractivity contribution in [2.45, 2.75) is 0 Å². The molecule has 0 aromatic rings. The van der Waals surface area contributed by atoms with Gasteiger partial charge in [-0.25, -0.2) is 0 Å². The summed E-state index contributed by atoms with van der Waals surface area (Å²) < 4.78 is 0. The van der Waals surface area contributed by atoms with Gasteiger partial charge >= 0.3 is 20.4 Å². The van der Waals surface area contributed by atoms with E-state index < -0.39 is 0 Å². The zero-order valence-corrected chi connectivity index (χ0v) is 5.35. The van der Waals surface area contributed by atoms with E-state index in [-0.39, 0.29) is 56.9 Å². The molecule has 0 radical (unpaired) electrons. The number of halogens is 2. The van der Waals surface area contributed by atoms with Gasteiger partial charge in [0.1, 0.15) is 0 Å². The molecular formula is H5Cl2NOPd. The Kier molecular flexibility index (Phi) is 1610. The molecule has 0 rings (SSSR count). The first-order valence-electron chi connectivity index (χ1n) is 0. The molecule has 0 aliphatic carbocycles. The van der Waals surface area contributed by atoms with Gasteiger partial charge in [0, 0.05) is 0 Å². The molecule has 0 aliphatic rings. The molecule has 5 heavy (non-hydrogen) atoms. The van der Waals surface area contributed by atoms with E-state index in [2.05, 4.69) is 0 Å². The summed E-state index contributed by atoms with van der Waals surface area (Å²) in [4.78, 5) is 0. The van der Waals surface area contributed by atoms with E-state index in [0.29, 0.717) is 0 Å². The third-order valence-electron chi connectivity index (χ3n) is 0.